The van der Waals surface area contributed by atoms with Crippen molar-refractivity contribution in [2.24, 2.45) is 0 Å². The van der Waals surface area contributed by atoms with Crippen LogP contribution >= 0.6 is 0 Å². The number of halogens is 3. The molecule has 0 radical (unpaired) electrons. The highest BCUT2D eigenvalue weighted by molar-refractivity contribution is 5.62. The molecule has 0 bridgehead atoms. The molecule has 0 spiro atoms. The van der Waals surface area contributed by atoms with E-state index in [9.17, 15) is 18.4 Å². The van der Waals surface area contributed by atoms with Crippen LogP contribution in [0.4, 0.5) is 42.3 Å². The quantitative estimate of drug-likeness (QED) is 0.398. The molecular weight excluding hydrogens is 483 g/mol. The molecule has 2 aliphatic rings. The van der Waals surface area contributed by atoms with Gasteiger partial charge >= 0.3 is 6.18 Å². The smallest absolute Gasteiger partial charge is 0.424 e. The zero-order valence-electron chi connectivity index (χ0n) is 20.7. The van der Waals surface area contributed by atoms with Crippen molar-refractivity contribution in [3.05, 3.63) is 65.0 Å². The Bertz CT molecular complexity index is 1220. The SMILES string of the molecule is Cc1ccc(Nc2cc(N3CCCCC3)nc(N3CCN(c4c(C(F)(F)F)ccc[n+]4[O-])CC3)n2)cc1. The van der Waals surface area contributed by atoms with Crippen LogP contribution in [0.1, 0.15) is 30.4 Å². The number of benzene rings is 1. The number of aromatic nitrogens is 3. The van der Waals surface area contributed by atoms with E-state index < -0.39 is 11.7 Å². The van der Waals surface area contributed by atoms with E-state index in [1.165, 1.54) is 11.3 Å². The fourth-order valence-corrected chi connectivity index (χ4v) is 4.83. The Kier molecular flexibility index (Phi) is 6.94. The number of piperidine rings is 1. The number of nitrogens with zero attached hydrogens (tertiary/aromatic N) is 6. The van der Waals surface area contributed by atoms with Gasteiger partial charge in [-0.15, -0.1) is 0 Å². The van der Waals surface area contributed by atoms with Gasteiger partial charge in [0, 0.05) is 24.8 Å². The van der Waals surface area contributed by atoms with E-state index in [0.717, 1.165) is 61.3 Å². The fourth-order valence-electron chi connectivity index (χ4n) is 4.83. The molecule has 0 atom stereocenters. The Morgan fingerprint density at radius 2 is 1.54 bits per heavy atom. The number of hydrogen-bond donors (Lipinski definition) is 1. The van der Waals surface area contributed by atoms with Crippen molar-refractivity contribution in [1.82, 2.24) is 9.97 Å². The molecule has 0 amide bonds. The minimum Gasteiger partial charge on any atom is -0.711 e. The second-order valence-electron chi connectivity index (χ2n) is 9.49. The Morgan fingerprint density at radius 3 is 2.22 bits per heavy atom. The van der Waals surface area contributed by atoms with Crippen molar-refractivity contribution in [3.63, 3.8) is 0 Å². The van der Waals surface area contributed by atoms with Crippen LogP contribution in [-0.2, 0) is 6.18 Å². The zero-order valence-corrected chi connectivity index (χ0v) is 20.7. The second kappa shape index (κ2) is 10.3. The van der Waals surface area contributed by atoms with Crippen LogP contribution in [0.15, 0.2) is 48.7 Å². The number of alkyl halides is 3. The summed E-state index contributed by atoms with van der Waals surface area (Å²) in [5.74, 6) is 1.66. The van der Waals surface area contributed by atoms with Crippen molar-refractivity contribution in [1.29, 1.82) is 0 Å². The molecule has 2 aromatic heterocycles. The van der Waals surface area contributed by atoms with Gasteiger partial charge in [0.1, 0.15) is 30.3 Å². The first-order valence-electron chi connectivity index (χ1n) is 12.5. The van der Waals surface area contributed by atoms with E-state index in [2.05, 4.69) is 10.2 Å². The van der Waals surface area contributed by atoms with Crippen LogP contribution < -0.4 is 24.7 Å². The van der Waals surface area contributed by atoms with E-state index >= 15 is 0 Å². The first-order valence-corrected chi connectivity index (χ1v) is 12.5. The predicted octanol–water partition coefficient (Wildman–Crippen LogP) is 4.50. The number of anilines is 5. The highest BCUT2D eigenvalue weighted by Gasteiger charge is 2.40. The van der Waals surface area contributed by atoms with Gasteiger partial charge in [0.25, 0.3) is 5.82 Å². The highest BCUT2D eigenvalue weighted by Crippen LogP contribution is 2.35. The second-order valence-corrected chi connectivity index (χ2v) is 9.49. The highest BCUT2D eigenvalue weighted by atomic mass is 19.4. The van der Waals surface area contributed by atoms with Gasteiger partial charge in [0.2, 0.25) is 5.95 Å². The fraction of sp³-hybridized carbons (Fsp3) is 0.423. The topological polar surface area (TPSA) is 74.5 Å². The maximum Gasteiger partial charge on any atom is 0.424 e. The molecule has 2 fully saturated rings. The average molecular weight is 514 g/mol. The van der Waals surface area contributed by atoms with E-state index in [1.807, 2.05) is 42.2 Å². The third kappa shape index (κ3) is 5.65. The lowest BCUT2D eigenvalue weighted by molar-refractivity contribution is -0.593. The van der Waals surface area contributed by atoms with Crippen molar-refractivity contribution in [3.8, 4) is 0 Å². The Morgan fingerprint density at radius 1 is 0.865 bits per heavy atom. The third-order valence-electron chi connectivity index (χ3n) is 6.81. The molecule has 11 heteroatoms. The molecule has 1 aromatic carbocycles. The summed E-state index contributed by atoms with van der Waals surface area (Å²) in [6.07, 6.45) is -0.101. The third-order valence-corrected chi connectivity index (χ3v) is 6.81. The number of aryl methyl sites for hydroxylation is 1. The maximum atomic E-state index is 13.6. The number of piperazine rings is 1. The molecule has 0 saturated carbocycles. The van der Waals surface area contributed by atoms with Crippen molar-refractivity contribution >= 4 is 29.1 Å². The first-order chi connectivity index (χ1) is 17.8. The van der Waals surface area contributed by atoms with E-state index in [1.54, 1.807) is 0 Å². The summed E-state index contributed by atoms with van der Waals surface area (Å²) in [5.41, 5.74) is 1.15. The lowest BCUT2D eigenvalue weighted by Crippen LogP contribution is -2.51. The van der Waals surface area contributed by atoms with Crippen LogP contribution in [0.25, 0.3) is 0 Å². The van der Waals surface area contributed by atoms with Crippen molar-refractivity contribution in [2.75, 3.05) is 59.3 Å². The van der Waals surface area contributed by atoms with E-state index in [-0.39, 0.29) is 18.9 Å². The number of rotatable bonds is 5. The average Bonchev–Trinajstić information content (AvgIpc) is 2.90. The minimum absolute atomic E-state index is 0.243. The Hall–Kier alpha value is -3.76. The molecule has 37 heavy (non-hydrogen) atoms. The summed E-state index contributed by atoms with van der Waals surface area (Å²) in [7, 11) is 0. The summed E-state index contributed by atoms with van der Waals surface area (Å²) < 4.78 is 41.0. The Labute approximate surface area is 213 Å². The number of pyridine rings is 1. The molecule has 2 aliphatic heterocycles. The summed E-state index contributed by atoms with van der Waals surface area (Å²) in [4.78, 5) is 15.3. The molecule has 4 heterocycles. The van der Waals surface area contributed by atoms with Crippen molar-refractivity contribution in [2.45, 2.75) is 32.4 Å². The standard InChI is InChI=1S/C26H30F3N7O/c1-19-7-9-20(10-8-19)30-22-18-23(33-11-3-2-4-12-33)32-25(31-22)35-16-14-34(15-17-35)24-21(26(27,28)29)6-5-13-36(24)37/h5-10,13,18H,2-4,11-12,14-17H2,1H3,(H,30,31,32). The van der Waals surface area contributed by atoms with Gasteiger partial charge in [-0.25, -0.2) is 4.73 Å². The van der Waals surface area contributed by atoms with Crippen LogP contribution in [0.2, 0.25) is 0 Å². The van der Waals surface area contributed by atoms with Gasteiger partial charge in [-0.2, -0.15) is 23.1 Å². The molecule has 1 N–H and O–H groups in total. The van der Waals surface area contributed by atoms with Crippen LogP contribution in [0.5, 0.6) is 0 Å². The molecular formula is C26H30F3N7O. The normalized spacial score (nSPS) is 16.7. The molecule has 2 saturated heterocycles. The summed E-state index contributed by atoms with van der Waals surface area (Å²) in [6.45, 7) is 5.14. The van der Waals surface area contributed by atoms with Gasteiger partial charge in [-0.05, 0) is 50.5 Å². The molecule has 5 rings (SSSR count). The van der Waals surface area contributed by atoms with Gasteiger partial charge in [0.05, 0.1) is 19.3 Å². The van der Waals surface area contributed by atoms with Crippen LogP contribution in [-0.4, -0.2) is 49.2 Å². The number of hydrogen-bond acceptors (Lipinski definition) is 7. The Balaban J connectivity index is 1.39. The lowest BCUT2D eigenvalue weighted by Gasteiger charge is -2.34. The molecule has 0 unspecified atom stereocenters. The van der Waals surface area contributed by atoms with Gasteiger partial charge in [-0.3, -0.25) is 4.90 Å². The molecule has 3 aromatic rings. The lowest BCUT2D eigenvalue weighted by atomic mass is 10.1. The van der Waals surface area contributed by atoms with Crippen LogP contribution in [0, 0.1) is 12.1 Å². The van der Waals surface area contributed by atoms with Crippen molar-refractivity contribution < 1.29 is 17.9 Å². The zero-order chi connectivity index (χ0) is 26.0. The van der Waals surface area contributed by atoms with Crippen LogP contribution in [0.3, 0.4) is 0 Å². The largest absolute Gasteiger partial charge is 0.711 e. The van der Waals surface area contributed by atoms with Gasteiger partial charge in [-0.1, -0.05) is 17.7 Å². The predicted molar refractivity (Wildman–Crippen MR) is 137 cm³/mol. The molecule has 8 nitrogen and oxygen atoms in total. The van der Waals surface area contributed by atoms with E-state index in [4.69, 9.17) is 9.97 Å². The molecule has 196 valence electrons. The first kappa shape index (κ1) is 24.9. The molecule has 0 aliphatic carbocycles. The van der Waals surface area contributed by atoms with Gasteiger partial charge in [0.15, 0.2) is 0 Å². The van der Waals surface area contributed by atoms with Gasteiger partial charge < -0.3 is 20.3 Å². The monoisotopic (exact) mass is 513 g/mol. The summed E-state index contributed by atoms with van der Waals surface area (Å²) in [6, 6.07) is 12.1. The maximum absolute atomic E-state index is 13.6. The summed E-state index contributed by atoms with van der Waals surface area (Å²) in [5, 5.41) is 15.7. The summed E-state index contributed by atoms with van der Waals surface area (Å²) >= 11 is 0. The minimum atomic E-state index is -4.61. The number of nitrogens with one attached hydrogen (secondary N) is 1. The van der Waals surface area contributed by atoms with E-state index in [0.29, 0.717) is 29.6 Å².